The summed E-state index contributed by atoms with van der Waals surface area (Å²) in [6.07, 6.45) is 0. The number of hydrogen-bond donors (Lipinski definition) is 1. The Labute approximate surface area is 110 Å². The van der Waals surface area contributed by atoms with Gasteiger partial charge in [0.1, 0.15) is 0 Å². The van der Waals surface area contributed by atoms with Crippen LogP contribution in [-0.4, -0.2) is 11.5 Å². The second-order valence-electron chi connectivity index (χ2n) is 5.08. The molecule has 1 heterocycles. The van der Waals surface area contributed by atoms with Crippen molar-refractivity contribution in [3.05, 3.63) is 40.0 Å². The molecule has 0 saturated heterocycles. The summed E-state index contributed by atoms with van der Waals surface area (Å²) < 4.78 is 1.08. The lowest BCUT2D eigenvalue weighted by molar-refractivity contribution is 0.520. The molecule has 1 aromatic carbocycles. The van der Waals surface area contributed by atoms with Crippen LogP contribution >= 0.6 is 15.9 Å². The van der Waals surface area contributed by atoms with Crippen molar-refractivity contribution in [1.82, 2.24) is 4.98 Å². The van der Waals surface area contributed by atoms with Crippen molar-refractivity contribution in [2.75, 3.05) is 6.54 Å². The number of aryl methyl sites for hydroxylation is 1. The molecule has 0 atom stereocenters. The maximum atomic E-state index is 5.83. The molecule has 0 saturated carbocycles. The van der Waals surface area contributed by atoms with Crippen molar-refractivity contribution in [2.24, 2.45) is 5.73 Å². The molecule has 2 nitrogen and oxygen atoms in total. The van der Waals surface area contributed by atoms with Crippen molar-refractivity contribution >= 4 is 26.8 Å². The average Bonchev–Trinajstić information content (AvgIpc) is 2.27. The molecule has 0 fully saturated rings. The zero-order chi connectivity index (χ0) is 12.6. The van der Waals surface area contributed by atoms with E-state index in [-0.39, 0.29) is 5.41 Å². The van der Waals surface area contributed by atoms with Gasteiger partial charge in [-0.1, -0.05) is 29.8 Å². The summed E-state index contributed by atoms with van der Waals surface area (Å²) >= 11 is 3.48. The molecule has 3 heteroatoms. The van der Waals surface area contributed by atoms with Crippen LogP contribution in [0, 0.1) is 6.92 Å². The Morgan fingerprint density at radius 1 is 1.29 bits per heavy atom. The number of fused-ring (bicyclic) bond motifs is 1. The van der Waals surface area contributed by atoms with Gasteiger partial charge >= 0.3 is 0 Å². The van der Waals surface area contributed by atoms with E-state index in [0.29, 0.717) is 6.54 Å². The first-order chi connectivity index (χ1) is 7.94. The molecule has 0 aliphatic rings. The van der Waals surface area contributed by atoms with Gasteiger partial charge in [-0.2, -0.15) is 0 Å². The van der Waals surface area contributed by atoms with Crippen LogP contribution in [0.2, 0.25) is 0 Å². The molecular formula is C14H17BrN2. The number of nitrogens with zero attached hydrogens (tertiary/aromatic N) is 1. The normalized spacial score (nSPS) is 12.1. The standard InChI is InChI=1S/C14H17BrN2/c1-9-6-10-7-11(15)4-5-12(10)17-13(9)14(2,3)8-16/h4-7H,8,16H2,1-3H3. The predicted molar refractivity (Wildman–Crippen MR) is 76.3 cm³/mol. The van der Waals surface area contributed by atoms with Crippen LogP contribution in [0.15, 0.2) is 28.7 Å². The number of aromatic nitrogens is 1. The maximum Gasteiger partial charge on any atom is 0.0706 e. The number of halogens is 1. The Hall–Kier alpha value is -0.930. The molecule has 0 aliphatic carbocycles. The van der Waals surface area contributed by atoms with Crippen LogP contribution in [-0.2, 0) is 5.41 Å². The number of pyridine rings is 1. The van der Waals surface area contributed by atoms with E-state index >= 15 is 0 Å². The van der Waals surface area contributed by atoms with Crippen LogP contribution in [0.4, 0.5) is 0 Å². The lowest BCUT2D eigenvalue weighted by atomic mass is 9.86. The van der Waals surface area contributed by atoms with Gasteiger partial charge in [-0.05, 0) is 36.8 Å². The van der Waals surface area contributed by atoms with Crippen LogP contribution < -0.4 is 5.73 Å². The van der Waals surface area contributed by atoms with E-state index in [1.807, 2.05) is 12.1 Å². The van der Waals surface area contributed by atoms with Gasteiger partial charge in [-0.25, -0.2) is 0 Å². The summed E-state index contributed by atoms with van der Waals surface area (Å²) in [6.45, 7) is 6.96. The van der Waals surface area contributed by atoms with Crippen molar-refractivity contribution in [3.8, 4) is 0 Å². The van der Waals surface area contributed by atoms with Gasteiger partial charge in [0, 0.05) is 21.8 Å². The number of benzene rings is 1. The van der Waals surface area contributed by atoms with Crippen molar-refractivity contribution in [2.45, 2.75) is 26.2 Å². The molecule has 90 valence electrons. The molecule has 17 heavy (non-hydrogen) atoms. The monoisotopic (exact) mass is 292 g/mol. The molecule has 0 spiro atoms. The fourth-order valence-corrected chi connectivity index (χ4v) is 2.41. The first-order valence-electron chi connectivity index (χ1n) is 5.71. The van der Waals surface area contributed by atoms with Crippen molar-refractivity contribution in [3.63, 3.8) is 0 Å². The minimum Gasteiger partial charge on any atom is -0.330 e. The van der Waals surface area contributed by atoms with Crippen molar-refractivity contribution < 1.29 is 0 Å². The summed E-state index contributed by atoms with van der Waals surface area (Å²) in [5, 5.41) is 1.16. The van der Waals surface area contributed by atoms with Gasteiger partial charge in [0.25, 0.3) is 0 Å². The van der Waals surface area contributed by atoms with E-state index in [0.717, 1.165) is 21.1 Å². The van der Waals surface area contributed by atoms with Crippen molar-refractivity contribution in [1.29, 1.82) is 0 Å². The highest BCUT2D eigenvalue weighted by Crippen LogP contribution is 2.27. The van der Waals surface area contributed by atoms with Crippen LogP contribution in [0.5, 0.6) is 0 Å². The summed E-state index contributed by atoms with van der Waals surface area (Å²) in [5.74, 6) is 0. The molecule has 0 unspecified atom stereocenters. The second kappa shape index (κ2) is 4.39. The van der Waals surface area contributed by atoms with Gasteiger partial charge in [-0.3, -0.25) is 4.98 Å². The molecule has 1 aromatic heterocycles. The van der Waals surface area contributed by atoms with E-state index in [1.54, 1.807) is 0 Å². The largest absolute Gasteiger partial charge is 0.330 e. The molecule has 0 aliphatic heterocycles. The third-order valence-electron chi connectivity index (χ3n) is 3.12. The summed E-state index contributed by atoms with van der Waals surface area (Å²) in [4.78, 5) is 4.76. The first-order valence-corrected chi connectivity index (χ1v) is 6.51. The highest BCUT2D eigenvalue weighted by atomic mass is 79.9. The highest BCUT2D eigenvalue weighted by Gasteiger charge is 2.22. The minimum atomic E-state index is -0.0780. The van der Waals surface area contributed by atoms with E-state index in [9.17, 15) is 0 Å². The Morgan fingerprint density at radius 3 is 2.65 bits per heavy atom. The number of rotatable bonds is 2. The lowest BCUT2D eigenvalue weighted by Crippen LogP contribution is -2.30. The van der Waals surface area contributed by atoms with Gasteiger partial charge in [0.2, 0.25) is 0 Å². The van der Waals surface area contributed by atoms with E-state index in [1.165, 1.54) is 5.56 Å². The van der Waals surface area contributed by atoms with E-state index in [2.05, 4.69) is 48.8 Å². The number of nitrogens with two attached hydrogens (primary N) is 1. The van der Waals surface area contributed by atoms with Gasteiger partial charge < -0.3 is 5.73 Å². The smallest absolute Gasteiger partial charge is 0.0706 e. The van der Waals surface area contributed by atoms with E-state index in [4.69, 9.17) is 10.7 Å². The Bertz CT molecular complexity index is 561. The second-order valence-corrected chi connectivity index (χ2v) is 5.99. The third-order valence-corrected chi connectivity index (χ3v) is 3.61. The molecule has 2 N–H and O–H groups in total. The zero-order valence-electron chi connectivity index (χ0n) is 10.4. The quantitative estimate of drug-likeness (QED) is 0.919. The van der Waals surface area contributed by atoms with Crippen LogP contribution in [0.25, 0.3) is 10.9 Å². The predicted octanol–water partition coefficient (Wildman–Crippen LogP) is 3.54. The van der Waals surface area contributed by atoms with Gasteiger partial charge in [0.15, 0.2) is 0 Å². The fraction of sp³-hybridized carbons (Fsp3) is 0.357. The minimum absolute atomic E-state index is 0.0780. The average molecular weight is 293 g/mol. The first kappa shape index (κ1) is 12.5. The Balaban J connectivity index is 2.68. The molecule has 0 bridgehead atoms. The van der Waals surface area contributed by atoms with Gasteiger partial charge in [-0.15, -0.1) is 0 Å². The third kappa shape index (κ3) is 2.35. The highest BCUT2D eigenvalue weighted by molar-refractivity contribution is 9.10. The van der Waals surface area contributed by atoms with Crippen LogP contribution in [0.3, 0.4) is 0 Å². The molecule has 0 amide bonds. The Morgan fingerprint density at radius 2 is 2.00 bits per heavy atom. The molecular weight excluding hydrogens is 276 g/mol. The zero-order valence-corrected chi connectivity index (χ0v) is 12.0. The summed E-state index contributed by atoms with van der Waals surface area (Å²) in [7, 11) is 0. The summed E-state index contributed by atoms with van der Waals surface area (Å²) in [5.41, 5.74) is 9.07. The molecule has 2 aromatic rings. The van der Waals surface area contributed by atoms with Crippen LogP contribution in [0.1, 0.15) is 25.1 Å². The maximum absolute atomic E-state index is 5.83. The Kier molecular flexibility index (Phi) is 3.23. The summed E-state index contributed by atoms with van der Waals surface area (Å²) in [6, 6.07) is 8.33. The fourth-order valence-electron chi connectivity index (χ4n) is 2.03. The molecule has 0 radical (unpaired) electrons. The molecule has 2 rings (SSSR count). The lowest BCUT2D eigenvalue weighted by Gasteiger charge is -2.24. The topological polar surface area (TPSA) is 38.9 Å². The van der Waals surface area contributed by atoms with Gasteiger partial charge in [0.05, 0.1) is 11.2 Å². The van der Waals surface area contributed by atoms with E-state index < -0.39 is 0 Å². The number of hydrogen-bond acceptors (Lipinski definition) is 2. The SMILES string of the molecule is Cc1cc2cc(Br)ccc2nc1C(C)(C)CN.